The highest BCUT2D eigenvalue weighted by molar-refractivity contribution is 6.14. The lowest BCUT2D eigenvalue weighted by atomic mass is 9.93. The summed E-state index contributed by atoms with van der Waals surface area (Å²) in [4.78, 5) is 39.6. The first-order valence-corrected chi connectivity index (χ1v) is 8.90. The van der Waals surface area contributed by atoms with E-state index < -0.39 is 18.6 Å². The van der Waals surface area contributed by atoms with Crippen molar-refractivity contribution in [2.45, 2.75) is 57.7 Å². The van der Waals surface area contributed by atoms with Crippen LogP contribution in [0.4, 0.5) is 9.18 Å². The van der Waals surface area contributed by atoms with Crippen LogP contribution < -0.4 is 0 Å². The smallest absolute Gasteiger partial charge is 0.274 e. The van der Waals surface area contributed by atoms with Crippen LogP contribution >= 0.6 is 0 Å². The second-order valence-corrected chi connectivity index (χ2v) is 6.76. The molecule has 5 nitrogen and oxygen atoms in total. The normalized spacial score (nSPS) is 19.6. The number of amides is 4. The molecule has 25 heavy (non-hydrogen) atoms. The molecule has 1 aliphatic carbocycles. The molecule has 0 unspecified atom stereocenters. The maximum absolute atomic E-state index is 12.8. The number of urea groups is 1. The zero-order chi connectivity index (χ0) is 17.8. The van der Waals surface area contributed by atoms with E-state index >= 15 is 0 Å². The maximum atomic E-state index is 12.8. The molecule has 1 saturated carbocycles. The highest BCUT2D eigenvalue weighted by Crippen LogP contribution is 2.26. The maximum Gasteiger partial charge on any atom is 0.333 e. The molecule has 0 atom stereocenters. The topological polar surface area (TPSA) is 57.7 Å². The molecule has 1 aliphatic heterocycles. The van der Waals surface area contributed by atoms with E-state index in [9.17, 15) is 18.8 Å². The van der Waals surface area contributed by atoms with Crippen LogP contribution in [0.3, 0.4) is 0 Å². The molecule has 2 fully saturated rings. The summed E-state index contributed by atoms with van der Waals surface area (Å²) in [5, 5.41) is 0. The van der Waals surface area contributed by atoms with Crippen LogP contribution in [-0.2, 0) is 22.7 Å². The second kappa shape index (κ2) is 7.76. The number of imide groups is 2. The van der Waals surface area contributed by atoms with E-state index in [0.717, 1.165) is 37.7 Å². The van der Waals surface area contributed by atoms with Gasteiger partial charge in [-0.25, -0.2) is 9.18 Å². The van der Waals surface area contributed by atoms with Crippen LogP contribution in [0.2, 0.25) is 0 Å². The van der Waals surface area contributed by atoms with Crippen LogP contribution in [0.5, 0.6) is 0 Å². The molecule has 1 saturated heterocycles. The van der Waals surface area contributed by atoms with Gasteiger partial charge in [-0.15, -0.1) is 0 Å². The molecule has 0 aromatic heterocycles. The fraction of sp³-hybridized carbons (Fsp3) is 0.526. The predicted molar refractivity (Wildman–Crippen MR) is 90.4 cm³/mol. The summed E-state index contributed by atoms with van der Waals surface area (Å²) in [5.74, 6) is -0.818. The lowest BCUT2D eigenvalue weighted by Crippen LogP contribution is -2.58. The Morgan fingerprint density at radius 1 is 1.00 bits per heavy atom. The van der Waals surface area contributed by atoms with E-state index in [1.807, 2.05) is 6.07 Å². The molecule has 4 amide bonds. The molecular formula is C19H23FN2O3. The molecule has 1 aromatic carbocycles. The number of carbonyl (C=O) groups excluding carboxylic acids is 3. The number of hydrogen-bond acceptors (Lipinski definition) is 3. The van der Waals surface area contributed by atoms with E-state index in [2.05, 4.69) is 0 Å². The van der Waals surface area contributed by atoms with Gasteiger partial charge in [0.2, 0.25) is 11.8 Å². The molecule has 2 aliphatic rings. The molecular weight excluding hydrogens is 323 g/mol. The van der Waals surface area contributed by atoms with Crippen LogP contribution in [0.25, 0.3) is 0 Å². The number of carbonyl (C=O) groups is 3. The Balaban J connectivity index is 1.69. The van der Waals surface area contributed by atoms with Gasteiger partial charge in [0.25, 0.3) is 0 Å². The monoisotopic (exact) mass is 346 g/mol. The van der Waals surface area contributed by atoms with Gasteiger partial charge >= 0.3 is 6.03 Å². The van der Waals surface area contributed by atoms with Crippen molar-refractivity contribution >= 4 is 17.8 Å². The minimum atomic E-state index is -0.542. The summed E-state index contributed by atoms with van der Waals surface area (Å²) >= 11 is 0. The highest BCUT2D eigenvalue weighted by atomic mass is 19.1. The predicted octanol–water partition coefficient (Wildman–Crippen LogP) is 3.21. The lowest BCUT2D eigenvalue weighted by Gasteiger charge is -2.39. The average molecular weight is 346 g/mol. The molecule has 0 N–H and O–H groups in total. The summed E-state index contributed by atoms with van der Waals surface area (Å²) in [6.07, 6.45) is 4.98. The van der Waals surface area contributed by atoms with Crippen molar-refractivity contribution in [3.63, 3.8) is 0 Å². The molecule has 3 rings (SSSR count). The van der Waals surface area contributed by atoms with Gasteiger partial charge in [0.05, 0.1) is 0 Å². The number of rotatable bonds is 5. The Hall–Kier alpha value is -2.24. The Morgan fingerprint density at radius 2 is 1.72 bits per heavy atom. The fourth-order valence-electron chi connectivity index (χ4n) is 3.68. The summed E-state index contributed by atoms with van der Waals surface area (Å²) < 4.78 is 12.8. The Labute approximate surface area is 146 Å². The van der Waals surface area contributed by atoms with Crippen LogP contribution in [-0.4, -0.2) is 40.2 Å². The molecule has 0 radical (unpaired) electrons. The van der Waals surface area contributed by atoms with Crippen LogP contribution in [0.1, 0.15) is 49.7 Å². The van der Waals surface area contributed by atoms with Crippen molar-refractivity contribution < 1.29 is 18.8 Å². The Morgan fingerprint density at radius 3 is 2.44 bits per heavy atom. The van der Waals surface area contributed by atoms with Gasteiger partial charge < -0.3 is 0 Å². The summed E-state index contributed by atoms with van der Waals surface area (Å²) in [6.45, 7) is -0.330. The van der Waals surface area contributed by atoms with Crippen LogP contribution in [0, 0.1) is 0 Å². The van der Waals surface area contributed by atoms with E-state index in [-0.39, 0.29) is 24.9 Å². The van der Waals surface area contributed by atoms with Crippen molar-refractivity contribution in [2.24, 2.45) is 0 Å². The van der Waals surface area contributed by atoms with Gasteiger partial charge in [0.1, 0.15) is 13.1 Å². The lowest BCUT2D eigenvalue weighted by molar-refractivity contribution is -0.144. The van der Waals surface area contributed by atoms with E-state index in [0.29, 0.717) is 12.0 Å². The minimum absolute atomic E-state index is 0.0841. The van der Waals surface area contributed by atoms with Gasteiger partial charge in [-0.3, -0.25) is 19.4 Å². The number of nitrogens with zero attached hydrogens (tertiary/aromatic N) is 2. The third-order valence-corrected chi connectivity index (χ3v) is 5.02. The molecule has 134 valence electrons. The zero-order valence-corrected chi connectivity index (χ0v) is 14.2. The molecule has 0 spiro atoms. The molecule has 0 bridgehead atoms. The van der Waals surface area contributed by atoms with Gasteiger partial charge in [-0.05, 0) is 30.4 Å². The standard InChI is InChI=1S/C19H23FN2O3/c20-13-15-6-4-5-14(11-15)9-10-21-17(23)12-18(24)22(19(21)25)16-7-2-1-3-8-16/h4-6,11,16H,1-3,7-10,12-13H2. The van der Waals surface area contributed by atoms with E-state index in [1.54, 1.807) is 18.2 Å². The number of alkyl halides is 1. The highest BCUT2D eigenvalue weighted by Gasteiger charge is 2.41. The SMILES string of the molecule is O=C1CC(=O)N(C2CCCCC2)C(=O)N1CCc1cccc(CF)c1. The quantitative estimate of drug-likeness (QED) is 0.769. The third kappa shape index (κ3) is 3.89. The first-order valence-electron chi connectivity index (χ1n) is 8.90. The average Bonchev–Trinajstić information content (AvgIpc) is 2.62. The first-order chi connectivity index (χ1) is 12.1. The van der Waals surface area contributed by atoms with Crippen molar-refractivity contribution in [3.05, 3.63) is 35.4 Å². The molecule has 1 heterocycles. The van der Waals surface area contributed by atoms with Crippen molar-refractivity contribution in [1.29, 1.82) is 0 Å². The van der Waals surface area contributed by atoms with Crippen molar-refractivity contribution in [2.75, 3.05) is 6.54 Å². The summed E-state index contributed by atoms with van der Waals surface area (Å²) in [5.41, 5.74) is 1.45. The largest absolute Gasteiger partial charge is 0.333 e. The van der Waals surface area contributed by atoms with Crippen molar-refractivity contribution in [3.8, 4) is 0 Å². The molecule has 1 aromatic rings. The number of halogens is 1. The van der Waals surface area contributed by atoms with Gasteiger partial charge in [0, 0.05) is 12.6 Å². The first kappa shape index (κ1) is 17.6. The minimum Gasteiger partial charge on any atom is -0.274 e. The second-order valence-electron chi connectivity index (χ2n) is 6.76. The van der Waals surface area contributed by atoms with Crippen LogP contribution in [0.15, 0.2) is 24.3 Å². The fourth-order valence-corrected chi connectivity index (χ4v) is 3.68. The number of barbiturate groups is 1. The zero-order valence-electron chi connectivity index (χ0n) is 14.2. The van der Waals surface area contributed by atoms with E-state index in [1.165, 1.54) is 9.80 Å². The molecule has 6 heteroatoms. The number of hydrogen-bond donors (Lipinski definition) is 0. The summed E-state index contributed by atoms with van der Waals surface area (Å²) in [7, 11) is 0. The Bertz CT molecular complexity index is 670. The number of benzene rings is 1. The van der Waals surface area contributed by atoms with Crippen molar-refractivity contribution in [1.82, 2.24) is 9.80 Å². The van der Waals surface area contributed by atoms with E-state index in [4.69, 9.17) is 0 Å². The van der Waals surface area contributed by atoms with Gasteiger partial charge in [-0.2, -0.15) is 0 Å². The van der Waals surface area contributed by atoms with Gasteiger partial charge in [0.15, 0.2) is 0 Å². The Kier molecular flexibility index (Phi) is 5.46. The van der Waals surface area contributed by atoms with Gasteiger partial charge in [-0.1, -0.05) is 43.5 Å². The summed E-state index contributed by atoms with van der Waals surface area (Å²) in [6, 6.07) is 6.48. The third-order valence-electron chi connectivity index (χ3n) is 5.02.